The molecule has 1 aliphatic rings. The fraction of sp³-hybridized carbons (Fsp3) is 1.00. The Hall–Kier alpha value is -0.0400. The molecular formula is C14H30N+. The maximum atomic E-state index is 2.40. The lowest BCUT2D eigenvalue weighted by molar-refractivity contribution is -0.938. The third-order valence-electron chi connectivity index (χ3n) is 4.47. The highest BCUT2D eigenvalue weighted by Gasteiger charge is 2.38. The largest absolute Gasteiger partial charge is 0.321 e. The molecule has 90 valence electrons. The summed E-state index contributed by atoms with van der Waals surface area (Å²) in [6.07, 6.45) is 10.1. The molecule has 0 spiro atoms. The van der Waals surface area contributed by atoms with E-state index < -0.39 is 0 Å². The summed E-state index contributed by atoms with van der Waals surface area (Å²) in [5.74, 6) is 0. The first kappa shape index (κ1) is 13.0. The molecule has 1 heterocycles. The van der Waals surface area contributed by atoms with Crippen LogP contribution >= 0.6 is 0 Å². The Morgan fingerprint density at radius 2 is 1.87 bits per heavy atom. The van der Waals surface area contributed by atoms with Crippen LogP contribution in [0.25, 0.3) is 0 Å². The number of hydrogen-bond donors (Lipinski definition) is 0. The Balaban J connectivity index is 2.38. The van der Waals surface area contributed by atoms with Crippen LogP contribution < -0.4 is 0 Å². The zero-order chi connectivity index (χ0) is 11.1. The average Bonchev–Trinajstić information content (AvgIpc) is 2.68. The quantitative estimate of drug-likeness (QED) is 0.442. The molecule has 0 aromatic heterocycles. The van der Waals surface area contributed by atoms with E-state index in [0.29, 0.717) is 0 Å². The summed E-state index contributed by atoms with van der Waals surface area (Å²) in [7, 11) is 0. The van der Waals surface area contributed by atoms with Crippen LogP contribution in [-0.2, 0) is 0 Å². The van der Waals surface area contributed by atoms with Crippen LogP contribution in [0.15, 0.2) is 0 Å². The number of rotatable bonds is 7. The van der Waals surface area contributed by atoms with Gasteiger partial charge in [-0.3, -0.25) is 0 Å². The molecule has 0 saturated carbocycles. The molecule has 0 aromatic rings. The van der Waals surface area contributed by atoms with E-state index in [1.807, 2.05) is 0 Å². The molecule has 1 fully saturated rings. The summed E-state index contributed by atoms with van der Waals surface area (Å²) < 4.78 is 1.44. The normalized spacial score (nSPS) is 31.0. The predicted molar refractivity (Wildman–Crippen MR) is 68.0 cm³/mol. The van der Waals surface area contributed by atoms with Gasteiger partial charge in [-0.05, 0) is 26.2 Å². The molecule has 0 bridgehead atoms. The molecule has 1 nitrogen and oxygen atoms in total. The van der Waals surface area contributed by atoms with E-state index in [1.165, 1.54) is 69.1 Å². The van der Waals surface area contributed by atoms with Crippen LogP contribution in [0.1, 0.15) is 65.7 Å². The number of likely N-dealkylation sites (tertiary alicyclic amines) is 1. The molecule has 1 aliphatic heterocycles. The summed E-state index contributed by atoms with van der Waals surface area (Å²) in [5.41, 5.74) is 0. The molecule has 0 N–H and O–H groups in total. The first-order valence-corrected chi connectivity index (χ1v) is 7.14. The van der Waals surface area contributed by atoms with Gasteiger partial charge in [0.05, 0.1) is 25.7 Å². The van der Waals surface area contributed by atoms with Gasteiger partial charge in [-0.25, -0.2) is 0 Å². The van der Waals surface area contributed by atoms with E-state index >= 15 is 0 Å². The van der Waals surface area contributed by atoms with Gasteiger partial charge in [-0.2, -0.15) is 0 Å². The third-order valence-corrected chi connectivity index (χ3v) is 4.47. The van der Waals surface area contributed by atoms with Crippen molar-refractivity contribution in [1.82, 2.24) is 0 Å². The molecule has 0 radical (unpaired) electrons. The smallest absolute Gasteiger partial charge is 0.0889 e. The molecule has 1 saturated heterocycles. The molecule has 0 aromatic carbocycles. The maximum Gasteiger partial charge on any atom is 0.0889 e. The minimum atomic E-state index is 0.983. The first-order chi connectivity index (χ1) is 7.29. The Morgan fingerprint density at radius 3 is 2.47 bits per heavy atom. The van der Waals surface area contributed by atoms with Crippen molar-refractivity contribution in [2.45, 2.75) is 71.8 Å². The fourth-order valence-electron chi connectivity index (χ4n) is 3.41. The van der Waals surface area contributed by atoms with Gasteiger partial charge in [0.15, 0.2) is 0 Å². The second-order valence-corrected chi connectivity index (χ2v) is 5.25. The predicted octanol–water partition coefficient (Wildman–Crippen LogP) is 3.98. The second-order valence-electron chi connectivity index (χ2n) is 5.25. The topological polar surface area (TPSA) is 0 Å². The van der Waals surface area contributed by atoms with Crippen molar-refractivity contribution in [3.05, 3.63) is 0 Å². The van der Waals surface area contributed by atoms with E-state index in [9.17, 15) is 0 Å². The molecule has 15 heavy (non-hydrogen) atoms. The molecule has 1 heteroatoms. The zero-order valence-electron chi connectivity index (χ0n) is 11.1. The van der Waals surface area contributed by atoms with Gasteiger partial charge >= 0.3 is 0 Å². The van der Waals surface area contributed by atoms with Gasteiger partial charge in [0.2, 0.25) is 0 Å². The first-order valence-electron chi connectivity index (χ1n) is 7.14. The standard InChI is InChI=1S/C14H30N/c1-4-7-8-9-12-15(6-3)13-10-11-14(15)5-2/h14H,4-13H2,1-3H3/q+1. The lowest BCUT2D eigenvalue weighted by Gasteiger charge is -2.39. The third kappa shape index (κ3) is 3.21. The van der Waals surface area contributed by atoms with Crippen molar-refractivity contribution >= 4 is 0 Å². The highest BCUT2D eigenvalue weighted by Crippen LogP contribution is 2.29. The van der Waals surface area contributed by atoms with Crippen molar-refractivity contribution in [2.24, 2.45) is 0 Å². The summed E-state index contributed by atoms with van der Waals surface area (Å²) in [6.45, 7) is 11.4. The molecule has 1 rings (SSSR count). The Morgan fingerprint density at radius 1 is 1.07 bits per heavy atom. The van der Waals surface area contributed by atoms with Crippen molar-refractivity contribution in [3.8, 4) is 0 Å². The summed E-state index contributed by atoms with van der Waals surface area (Å²) >= 11 is 0. The van der Waals surface area contributed by atoms with Crippen LogP contribution in [0.5, 0.6) is 0 Å². The average molecular weight is 212 g/mol. The number of quaternary nitrogens is 1. The molecule has 2 atom stereocenters. The van der Waals surface area contributed by atoms with E-state index in [0.717, 1.165) is 6.04 Å². The zero-order valence-corrected chi connectivity index (χ0v) is 11.1. The van der Waals surface area contributed by atoms with Crippen LogP contribution in [0.2, 0.25) is 0 Å². The monoisotopic (exact) mass is 212 g/mol. The van der Waals surface area contributed by atoms with Gasteiger partial charge in [0.1, 0.15) is 0 Å². The summed E-state index contributed by atoms with van der Waals surface area (Å²) in [4.78, 5) is 0. The Labute approximate surface area is 96.4 Å². The minimum absolute atomic E-state index is 0.983. The highest BCUT2D eigenvalue weighted by molar-refractivity contribution is 4.66. The lowest BCUT2D eigenvalue weighted by atomic mass is 10.1. The SMILES string of the molecule is CCCCCC[N+]1(CC)CCCC1CC. The fourth-order valence-corrected chi connectivity index (χ4v) is 3.41. The highest BCUT2D eigenvalue weighted by atomic mass is 15.4. The maximum absolute atomic E-state index is 2.40. The molecule has 0 amide bonds. The summed E-state index contributed by atoms with van der Waals surface area (Å²) in [5, 5.41) is 0. The molecule has 2 unspecified atom stereocenters. The van der Waals surface area contributed by atoms with Crippen molar-refractivity contribution in [3.63, 3.8) is 0 Å². The number of hydrogen-bond acceptors (Lipinski definition) is 0. The minimum Gasteiger partial charge on any atom is -0.321 e. The van der Waals surface area contributed by atoms with Gasteiger partial charge in [-0.15, -0.1) is 0 Å². The summed E-state index contributed by atoms with van der Waals surface area (Å²) in [6, 6.07) is 0.983. The number of unbranched alkanes of at least 4 members (excludes halogenated alkanes) is 3. The van der Waals surface area contributed by atoms with Gasteiger partial charge < -0.3 is 4.48 Å². The Bertz CT molecular complexity index is 167. The van der Waals surface area contributed by atoms with E-state index in [-0.39, 0.29) is 0 Å². The second kappa shape index (κ2) is 6.52. The van der Waals surface area contributed by atoms with Crippen molar-refractivity contribution < 1.29 is 4.48 Å². The van der Waals surface area contributed by atoms with Crippen LogP contribution in [0.3, 0.4) is 0 Å². The van der Waals surface area contributed by atoms with Crippen LogP contribution in [0.4, 0.5) is 0 Å². The number of nitrogens with zero attached hydrogens (tertiary/aromatic N) is 1. The van der Waals surface area contributed by atoms with Gasteiger partial charge in [-0.1, -0.05) is 26.7 Å². The van der Waals surface area contributed by atoms with E-state index in [1.54, 1.807) is 0 Å². The lowest BCUT2D eigenvalue weighted by Crippen LogP contribution is -2.51. The van der Waals surface area contributed by atoms with Crippen molar-refractivity contribution in [1.29, 1.82) is 0 Å². The Kier molecular flexibility index (Phi) is 5.66. The molecule has 0 aliphatic carbocycles. The molecular weight excluding hydrogens is 182 g/mol. The van der Waals surface area contributed by atoms with Gasteiger partial charge in [0.25, 0.3) is 0 Å². The van der Waals surface area contributed by atoms with Crippen molar-refractivity contribution in [2.75, 3.05) is 19.6 Å². The van der Waals surface area contributed by atoms with Crippen LogP contribution in [0, 0.1) is 0 Å². The van der Waals surface area contributed by atoms with E-state index in [2.05, 4.69) is 20.8 Å². The van der Waals surface area contributed by atoms with E-state index in [4.69, 9.17) is 0 Å². The van der Waals surface area contributed by atoms with Crippen LogP contribution in [-0.4, -0.2) is 30.2 Å². The van der Waals surface area contributed by atoms with Gasteiger partial charge in [0, 0.05) is 12.8 Å².